The van der Waals surface area contributed by atoms with Crippen LogP contribution in [0.25, 0.3) is 0 Å². The molecular weight excluding hydrogens is 204 g/mol. The number of rotatable bonds is 4. The van der Waals surface area contributed by atoms with Gasteiger partial charge in [-0.15, -0.1) is 0 Å². The van der Waals surface area contributed by atoms with Crippen molar-refractivity contribution in [1.29, 1.82) is 0 Å². The summed E-state index contributed by atoms with van der Waals surface area (Å²) in [6, 6.07) is 3.82. The number of hydrogen-bond acceptors (Lipinski definition) is 3. The van der Waals surface area contributed by atoms with E-state index in [1.807, 2.05) is 32.9 Å². The zero-order valence-electron chi connectivity index (χ0n) is 9.96. The minimum atomic E-state index is -0.188. The van der Waals surface area contributed by atoms with Crippen molar-refractivity contribution in [2.75, 3.05) is 18.5 Å². The second-order valence-electron chi connectivity index (χ2n) is 3.62. The number of carbonyl (C=O) groups is 1. The molecule has 0 radical (unpaired) electrons. The fourth-order valence-electron chi connectivity index (χ4n) is 1.44. The molecule has 0 unspecified atom stereocenters. The summed E-state index contributed by atoms with van der Waals surface area (Å²) in [7, 11) is 0. The fourth-order valence-corrected chi connectivity index (χ4v) is 1.44. The predicted molar refractivity (Wildman–Crippen MR) is 64.8 cm³/mol. The molecule has 0 heterocycles. The van der Waals surface area contributed by atoms with Crippen LogP contribution in [-0.4, -0.2) is 19.1 Å². The molecule has 0 fully saturated rings. The monoisotopic (exact) mass is 222 g/mol. The van der Waals surface area contributed by atoms with Crippen LogP contribution in [0, 0.1) is 13.8 Å². The average Bonchev–Trinajstić information content (AvgIpc) is 2.25. The number of nitrogens with two attached hydrogens (primary N) is 1. The Labute approximate surface area is 95.8 Å². The van der Waals surface area contributed by atoms with Gasteiger partial charge in [-0.05, 0) is 44.0 Å². The molecule has 0 saturated heterocycles. The zero-order valence-corrected chi connectivity index (χ0v) is 9.96. The molecule has 1 amide bonds. The van der Waals surface area contributed by atoms with E-state index in [-0.39, 0.29) is 12.5 Å². The largest absolute Gasteiger partial charge is 0.494 e. The van der Waals surface area contributed by atoms with Gasteiger partial charge in [-0.3, -0.25) is 4.79 Å². The summed E-state index contributed by atoms with van der Waals surface area (Å²) in [5.41, 5.74) is 8.01. The van der Waals surface area contributed by atoms with E-state index in [4.69, 9.17) is 10.5 Å². The van der Waals surface area contributed by atoms with E-state index in [9.17, 15) is 4.79 Å². The van der Waals surface area contributed by atoms with Gasteiger partial charge >= 0.3 is 0 Å². The highest BCUT2D eigenvalue weighted by atomic mass is 16.5. The van der Waals surface area contributed by atoms with Gasteiger partial charge in [-0.2, -0.15) is 0 Å². The van der Waals surface area contributed by atoms with E-state index in [0.29, 0.717) is 6.61 Å². The highest BCUT2D eigenvalue weighted by molar-refractivity contribution is 5.93. The molecule has 4 heteroatoms. The summed E-state index contributed by atoms with van der Waals surface area (Å²) in [5.74, 6) is 0.664. The molecule has 3 N–H and O–H groups in total. The zero-order chi connectivity index (χ0) is 12.1. The molecule has 1 aromatic carbocycles. The van der Waals surface area contributed by atoms with Crippen molar-refractivity contribution in [3.05, 3.63) is 23.3 Å². The Morgan fingerprint density at radius 1 is 1.38 bits per heavy atom. The van der Waals surface area contributed by atoms with Gasteiger partial charge in [-0.1, -0.05) is 0 Å². The lowest BCUT2D eigenvalue weighted by atomic mass is 10.1. The molecule has 0 saturated carbocycles. The average molecular weight is 222 g/mol. The predicted octanol–water partition coefficient (Wildman–Crippen LogP) is 1.60. The number of benzene rings is 1. The van der Waals surface area contributed by atoms with Crippen molar-refractivity contribution >= 4 is 11.6 Å². The van der Waals surface area contributed by atoms with Crippen molar-refractivity contribution in [3.63, 3.8) is 0 Å². The van der Waals surface area contributed by atoms with Gasteiger partial charge in [0.25, 0.3) is 0 Å². The lowest BCUT2D eigenvalue weighted by molar-refractivity contribution is -0.114. The second-order valence-corrected chi connectivity index (χ2v) is 3.62. The third kappa shape index (κ3) is 2.97. The Morgan fingerprint density at radius 2 is 2.06 bits per heavy atom. The van der Waals surface area contributed by atoms with Gasteiger partial charge in [0, 0.05) is 5.69 Å². The van der Waals surface area contributed by atoms with E-state index >= 15 is 0 Å². The van der Waals surface area contributed by atoms with Crippen molar-refractivity contribution in [2.45, 2.75) is 20.8 Å². The summed E-state index contributed by atoms with van der Waals surface area (Å²) in [4.78, 5) is 11.2. The number of aryl methyl sites for hydroxylation is 2. The Hall–Kier alpha value is -1.55. The molecule has 0 aliphatic carbocycles. The minimum absolute atomic E-state index is 0.00824. The highest BCUT2D eigenvalue weighted by Gasteiger charge is 2.07. The summed E-state index contributed by atoms with van der Waals surface area (Å²) in [5, 5.41) is 2.75. The van der Waals surface area contributed by atoms with Crippen molar-refractivity contribution < 1.29 is 9.53 Å². The molecule has 1 aromatic rings. The van der Waals surface area contributed by atoms with Crippen LogP contribution in [0.1, 0.15) is 18.1 Å². The minimum Gasteiger partial charge on any atom is -0.494 e. The first-order valence-electron chi connectivity index (χ1n) is 5.32. The smallest absolute Gasteiger partial charge is 0.238 e. The molecular formula is C12H18N2O2. The van der Waals surface area contributed by atoms with Crippen LogP contribution < -0.4 is 15.8 Å². The maximum absolute atomic E-state index is 11.2. The van der Waals surface area contributed by atoms with Gasteiger partial charge in [-0.25, -0.2) is 0 Å². The topological polar surface area (TPSA) is 64.3 Å². The Kier molecular flexibility index (Phi) is 4.31. The summed E-state index contributed by atoms with van der Waals surface area (Å²) >= 11 is 0. The summed E-state index contributed by atoms with van der Waals surface area (Å²) in [6.45, 7) is 6.44. The second kappa shape index (κ2) is 5.51. The first kappa shape index (κ1) is 12.5. The molecule has 0 spiro atoms. The number of ether oxygens (including phenoxy) is 1. The van der Waals surface area contributed by atoms with Crippen molar-refractivity contribution in [3.8, 4) is 5.75 Å². The van der Waals surface area contributed by atoms with Crippen LogP contribution >= 0.6 is 0 Å². The van der Waals surface area contributed by atoms with Crippen LogP contribution in [0.2, 0.25) is 0 Å². The van der Waals surface area contributed by atoms with Gasteiger partial charge in [0.15, 0.2) is 0 Å². The summed E-state index contributed by atoms with van der Waals surface area (Å²) < 4.78 is 5.47. The third-order valence-corrected chi connectivity index (χ3v) is 2.28. The van der Waals surface area contributed by atoms with Crippen LogP contribution in [0.4, 0.5) is 5.69 Å². The summed E-state index contributed by atoms with van der Waals surface area (Å²) in [6.07, 6.45) is 0. The Bertz CT molecular complexity index is 389. The number of nitrogens with one attached hydrogen (secondary N) is 1. The maximum atomic E-state index is 11.2. The van der Waals surface area contributed by atoms with Crippen LogP contribution in [0.5, 0.6) is 5.75 Å². The van der Waals surface area contributed by atoms with Crippen molar-refractivity contribution in [2.24, 2.45) is 5.73 Å². The van der Waals surface area contributed by atoms with E-state index in [1.165, 1.54) is 0 Å². The lowest BCUT2D eigenvalue weighted by Gasteiger charge is -2.13. The molecule has 4 nitrogen and oxygen atoms in total. The first-order valence-corrected chi connectivity index (χ1v) is 5.32. The Balaban J connectivity index is 2.96. The number of carbonyl (C=O) groups excluding carboxylic acids is 1. The SMILES string of the molecule is CCOc1cc(C)c(NC(=O)CN)cc1C. The van der Waals surface area contributed by atoms with Crippen molar-refractivity contribution in [1.82, 2.24) is 0 Å². The number of anilines is 1. The van der Waals surface area contributed by atoms with Crippen LogP contribution in [0.3, 0.4) is 0 Å². The molecule has 0 atom stereocenters. The molecule has 1 rings (SSSR count). The number of hydrogen-bond donors (Lipinski definition) is 2. The maximum Gasteiger partial charge on any atom is 0.238 e. The molecule has 0 bridgehead atoms. The van der Waals surface area contributed by atoms with E-state index in [1.54, 1.807) is 0 Å². The van der Waals surface area contributed by atoms with Gasteiger partial charge < -0.3 is 15.8 Å². The standard InChI is InChI=1S/C12H18N2O2/c1-4-16-11-6-8(2)10(5-9(11)3)14-12(15)7-13/h5-6H,4,7,13H2,1-3H3,(H,14,15). The van der Waals surface area contributed by atoms with Gasteiger partial charge in [0.2, 0.25) is 5.91 Å². The molecule has 0 aromatic heterocycles. The molecule has 16 heavy (non-hydrogen) atoms. The van der Waals surface area contributed by atoms with Crippen LogP contribution in [0.15, 0.2) is 12.1 Å². The fraction of sp³-hybridized carbons (Fsp3) is 0.417. The first-order chi connectivity index (χ1) is 7.58. The van der Waals surface area contributed by atoms with Crippen LogP contribution in [-0.2, 0) is 4.79 Å². The highest BCUT2D eigenvalue weighted by Crippen LogP contribution is 2.26. The molecule has 88 valence electrons. The van der Waals surface area contributed by atoms with E-state index in [2.05, 4.69) is 5.32 Å². The third-order valence-electron chi connectivity index (χ3n) is 2.28. The van der Waals surface area contributed by atoms with E-state index < -0.39 is 0 Å². The molecule has 0 aliphatic heterocycles. The number of amides is 1. The van der Waals surface area contributed by atoms with Gasteiger partial charge in [0.05, 0.1) is 13.2 Å². The Morgan fingerprint density at radius 3 is 2.62 bits per heavy atom. The quantitative estimate of drug-likeness (QED) is 0.813. The molecule has 0 aliphatic rings. The van der Waals surface area contributed by atoms with Gasteiger partial charge in [0.1, 0.15) is 5.75 Å². The lowest BCUT2D eigenvalue weighted by Crippen LogP contribution is -2.22. The normalized spacial score (nSPS) is 10.0. The van der Waals surface area contributed by atoms with E-state index in [0.717, 1.165) is 22.6 Å².